The van der Waals surface area contributed by atoms with E-state index in [4.69, 9.17) is 4.74 Å². The molecule has 0 radical (unpaired) electrons. The van der Waals surface area contributed by atoms with E-state index in [0.717, 1.165) is 18.9 Å². The monoisotopic (exact) mass is 320 g/mol. The highest BCUT2D eigenvalue weighted by Gasteiger charge is 2.35. The van der Waals surface area contributed by atoms with Gasteiger partial charge in [-0.2, -0.15) is 0 Å². The van der Waals surface area contributed by atoms with Crippen molar-refractivity contribution in [3.63, 3.8) is 0 Å². The van der Waals surface area contributed by atoms with E-state index in [1.807, 2.05) is 13.8 Å². The molecule has 0 heterocycles. The van der Waals surface area contributed by atoms with Crippen molar-refractivity contribution in [1.29, 1.82) is 0 Å². The van der Waals surface area contributed by atoms with Crippen molar-refractivity contribution in [3.05, 3.63) is 39.4 Å². The Morgan fingerprint density at radius 3 is 2.39 bits per heavy atom. The summed E-state index contributed by atoms with van der Waals surface area (Å²) in [5, 5.41) is 11.1. The van der Waals surface area contributed by atoms with Crippen LogP contribution in [-0.2, 0) is 4.74 Å². The SMILES string of the molecule is CCOC(=O)c1cc(C(=O)N(C(C)C)C2CC2)cc([N+](=O)[O-])c1. The van der Waals surface area contributed by atoms with E-state index in [9.17, 15) is 19.7 Å². The smallest absolute Gasteiger partial charge is 0.338 e. The summed E-state index contributed by atoms with van der Waals surface area (Å²) in [4.78, 5) is 36.8. The molecule has 0 spiro atoms. The van der Waals surface area contributed by atoms with Gasteiger partial charge in [0.05, 0.1) is 17.1 Å². The van der Waals surface area contributed by atoms with E-state index < -0.39 is 10.9 Å². The van der Waals surface area contributed by atoms with Crippen LogP contribution in [-0.4, -0.2) is 40.4 Å². The van der Waals surface area contributed by atoms with Gasteiger partial charge < -0.3 is 9.64 Å². The molecule has 7 heteroatoms. The van der Waals surface area contributed by atoms with Gasteiger partial charge in [-0.05, 0) is 39.7 Å². The largest absolute Gasteiger partial charge is 0.462 e. The van der Waals surface area contributed by atoms with Crippen LogP contribution in [0.3, 0.4) is 0 Å². The van der Waals surface area contributed by atoms with Gasteiger partial charge >= 0.3 is 5.97 Å². The summed E-state index contributed by atoms with van der Waals surface area (Å²) < 4.78 is 4.88. The Hall–Kier alpha value is -2.44. The van der Waals surface area contributed by atoms with Gasteiger partial charge in [0, 0.05) is 29.8 Å². The molecule has 7 nitrogen and oxygen atoms in total. The molecule has 1 aromatic carbocycles. The van der Waals surface area contributed by atoms with Crippen LogP contribution in [0.5, 0.6) is 0 Å². The molecule has 1 aliphatic carbocycles. The Morgan fingerprint density at radius 1 is 1.30 bits per heavy atom. The number of nitrogens with zero attached hydrogens (tertiary/aromatic N) is 2. The van der Waals surface area contributed by atoms with E-state index in [1.165, 1.54) is 12.1 Å². The molecule has 0 unspecified atom stereocenters. The molecule has 0 N–H and O–H groups in total. The molecule has 0 aliphatic heterocycles. The summed E-state index contributed by atoms with van der Waals surface area (Å²) in [6, 6.07) is 3.87. The van der Waals surface area contributed by atoms with Gasteiger partial charge in [-0.15, -0.1) is 0 Å². The first-order valence-corrected chi connectivity index (χ1v) is 7.64. The number of rotatable bonds is 6. The Labute approximate surface area is 134 Å². The Bertz CT molecular complexity index is 635. The molecule has 23 heavy (non-hydrogen) atoms. The second-order valence-electron chi connectivity index (χ2n) is 5.78. The molecular weight excluding hydrogens is 300 g/mol. The highest BCUT2D eigenvalue weighted by Crippen LogP contribution is 2.31. The maximum absolute atomic E-state index is 12.7. The molecular formula is C16H20N2O5. The lowest BCUT2D eigenvalue weighted by Gasteiger charge is -2.26. The summed E-state index contributed by atoms with van der Waals surface area (Å²) in [5.74, 6) is -0.968. The van der Waals surface area contributed by atoms with E-state index in [1.54, 1.807) is 11.8 Å². The number of nitro groups is 1. The van der Waals surface area contributed by atoms with Crippen molar-refractivity contribution >= 4 is 17.6 Å². The summed E-state index contributed by atoms with van der Waals surface area (Å²) in [6.45, 7) is 5.61. The molecule has 1 saturated carbocycles. The fraction of sp³-hybridized carbons (Fsp3) is 0.500. The van der Waals surface area contributed by atoms with Crippen LogP contribution in [0.4, 0.5) is 5.69 Å². The topological polar surface area (TPSA) is 89.8 Å². The number of ether oxygens (including phenoxy) is 1. The van der Waals surface area contributed by atoms with Crippen molar-refractivity contribution in [2.75, 3.05) is 6.61 Å². The summed E-state index contributed by atoms with van der Waals surface area (Å²) >= 11 is 0. The average Bonchev–Trinajstić information content (AvgIpc) is 3.31. The minimum Gasteiger partial charge on any atom is -0.462 e. The standard InChI is InChI=1S/C16H20N2O5/c1-4-23-16(20)12-7-11(8-14(9-12)18(21)22)15(19)17(10(2)3)13-5-6-13/h7-10,13H,4-6H2,1-3H3. The summed E-state index contributed by atoms with van der Waals surface area (Å²) in [6.07, 6.45) is 1.87. The molecule has 0 aromatic heterocycles. The average molecular weight is 320 g/mol. The molecule has 0 saturated heterocycles. The summed E-state index contributed by atoms with van der Waals surface area (Å²) in [5.41, 5.74) is -0.134. The van der Waals surface area contributed by atoms with Crippen molar-refractivity contribution < 1.29 is 19.2 Å². The number of hydrogen-bond donors (Lipinski definition) is 0. The quantitative estimate of drug-likeness (QED) is 0.457. The number of hydrogen-bond acceptors (Lipinski definition) is 5. The molecule has 0 atom stereocenters. The number of carbonyl (C=O) groups is 2. The third-order valence-corrected chi connectivity index (χ3v) is 3.62. The first-order valence-electron chi connectivity index (χ1n) is 7.64. The molecule has 1 aliphatic rings. The van der Waals surface area contributed by atoms with Crippen molar-refractivity contribution in [1.82, 2.24) is 4.90 Å². The molecule has 2 rings (SSSR count). The molecule has 1 amide bonds. The Kier molecular flexibility index (Phi) is 4.98. The van der Waals surface area contributed by atoms with Crippen LogP contribution in [0.25, 0.3) is 0 Å². The second kappa shape index (κ2) is 6.76. The minimum absolute atomic E-state index is 0.0136. The van der Waals surface area contributed by atoms with Crippen LogP contribution in [0.15, 0.2) is 18.2 Å². The van der Waals surface area contributed by atoms with Crippen LogP contribution in [0.1, 0.15) is 54.3 Å². The predicted octanol–water partition coefficient (Wildman–Crippen LogP) is 2.78. The predicted molar refractivity (Wildman–Crippen MR) is 83.4 cm³/mol. The van der Waals surface area contributed by atoms with Gasteiger partial charge in [0.15, 0.2) is 0 Å². The number of benzene rings is 1. The Morgan fingerprint density at radius 2 is 1.91 bits per heavy atom. The molecule has 124 valence electrons. The first-order chi connectivity index (χ1) is 10.8. The van der Waals surface area contributed by atoms with Crippen LogP contribution in [0.2, 0.25) is 0 Å². The fourth-order valence-electron chi connectivity index (χ4n) is 2.50. The lowest BCUT2D eigenvalue weighted by Crippen LogP contribution is -2.38. The summed E-state index contributed by atoms with van der Waals surface area (Å²) in [7, 11) is 0. The molecule has 1 aromatic rings. The van der Waals surface area contributed by atoms with Crippen LogP contribution in [0, 0.1) is 10.1 Å². The lowest BCUT2D eigenvalue weighted by atomic mass is 10.1. The van der Waals surface area contributed by atoms with E-state index in [2.05, 4.69) is 0 Å². The lowest BCUT2D eigenvalue weighted by molar-refractivity contribution is -0.384. The number of non-ortho nitro benzene ring substituents is 1. The van der Waals surface area contributed by atoms with E-state index in [-0.39, 0.29) is 41.4 Å². The molecule has 0 bridgehead atoms. The van der Waals surface area contributed by atoms with Crippen molar-refractivity contribution in [3.8, 4) is 0 Å². The van der Waals surface area contributed by atoms with Crippen LogP contribution < -0.4 is 0 Å². The first kappa shape index (κ1) is 16.9. The van der Waals surface area contributed by atoms with Crippen LogP contribution >= 0.6 is 0 Å². The Balaban J connectivity index is 2.41. The number of nitro benzene ring substituents is 1. The maximum atomic E-state index is 12.7. The van der Waals surface area contributed by atoms with Crippen molar-refractivity contribution in [2.24, 2.45) is 0 Å². The van der Waals surface area contributed by atoms with Gasteiger partial charge in [-0.25, -0.2) is 4.79 Å². The van der Waals surface area contributed by atoms with Gasteiger partial charge in [0.1, 0.15) is 0 Å². The fourth-order valence-corrected chi connectivity index (χ4v) is 2.50. The van der Waals surface area contributed by atoms with Crippen molar-refractivity contribution in [2.45, 2.75) is 45.7 Å². The van der Waals surface area contributed by atoms with Gasteiger partial charge in [0.25, 0.3) is 11.6 Å². The number of carbonyl (C=O) groups excluding carboxylic acids is 2. The van der Waals surface area contributed by atoms with Gasteiger partial charge in [-0.1, -0.05) is 0 Å². The molecule has 1 fully saturated rings. The van der Waals surface area contributed by atoms with Gasteiger partial charge in [-0.3, -0.25) is 14.9 Å². The zero-order valence-electron chi connectivity index (χ0n) is 13.4. The normalized spacial score (nSPS) is 13.7. The number of amides is 1. The highest BCUT2D eigenvalue weighted by molar-refractivity contribution is 5.99. The van der Waals surface area contributed by atoms with Gasteiger partial charge in [0.2, 0.25) is 0 Å². The zero-order chi connectivity index (χ0) is 17.1. The number of esters is 1. The zero-order valence-corrected chi connectivity index (χ0v) is 13.4. The van der Waals surface area contributed by atoms with E-state index >= 15 is 0 Å². The highest BCUT2D eigenvalue weighted by atomic mass is 16.6. The second-order valence-corrected chi connectivity index (χ2v) is 5.78. The minimum atomic E-state index is -0.673. The maximum Gasteiger partial charge on any atom is 0.338 e. The third kappa shape index (κ3) is 3.85. The third-order valence-electron chi connectivity index (χ3n) is 3.62. The van der Waals surface area contributed by atoms with E-state index in [0.29, 0.717) is 0 Å².